The Balaban J connectivity index is 1.05. The molecule has 0 fully saturated rings. The highest BCUT2D eigenvalue weighted by Crippen LogP contribution is 2.53. The Morgan fingerprint density at radius 3 is 1.78 bits per heavy atom. The third-order valence-corrected chi connectivity index (χ3v) is 12.1. The van der Waals surface area contributed by atoms with Gasteiger partial charge in [-0.1, -0.05) is 123 Å². The number of hydrogen-bond acceptors (Lipinski definition) is 2. The van der Waals surface area contributed by atoms with Crippen molar-refractivity contribution >= 4 is 10.8 Å². The van der Waals surface area contributed by atoms with Gasteiger partial charge in [0.2, 0.25) is 0 Å². The lowest BCUT2D eigenvalue weighted by Crippen LogP contribution is -2.15. The zero-order valence-electron chi connectivity index (χ0n) is 29.1. The molecule has 7 aromatic carbocycles. The number of rotatable bonds is 7. The molecule has 0 saturated heterocycles. The summed E-state index contributed by atoms with van der Waals surface area (Å²) in [5, 5.41) is 22.2. The monoisotopic (exact) mass is 660 g/mol. The molecule has 3 aliphatic carbocycles. The van der Waals surface area contributed by atoms with Crippen LogP contribution in [0.4, 0.5) is 0 Å². The molecule has 0 aliphatic heterocycles. The number of hydrogen-bond donors (Lipinski definition) is 2. The van der Waals surface area contributed by atoms with Crippen LogP contribution in [0.15, 0.2) is 127 Å². The van der Waals surface area contributed by atoms with Crippen molar-refractivity contribution in [3.05, 3.63) is 155 Å². The second-order valence-corrected chi connectivity index (χ2v) is 15.2. The molecule has 2 heteroatoms. The molecule has 0 spiro atoms. The molecule has 2 nitrogen and oxygen atoms in total. The predicted molar refractivity (Wildman–Crippen MR) is 211 cm³/mol. The van der Waals surface area contributed by atoms with Crippen LogP contribution in [-0.4, -0.2) is 23.4 Å². The molecular weight excluding hydrogens is 621 g/mol. The van der Waals surface area contributed by atoms with Crippen LogP contribution in [0.5, 0.6) is 0 Å². The van der Waals surface area contributed by atoms with Crippen LogP contribution in [-0.2, 0) is 11.8 Å². The largest absolute Gasteiger partial charge is 0.396 e. The molecule has 0 bridgehead atoms. The molecule has 0 aromatic heterocycles. The molecule has 1 atom stereocenters. The van der Waals surface area contributed by atoms with Gasteiger partial charge < -0.3 is 10.2 Å². The quantitative estimate of drug-likeness (QED) is 0.179. The van der Waals surface area contributed by atoms with Crippen LogP contribution in [0.25, 0.3) is 77.5 Å². The van der Waals surface area contributed by atoms with E-state index < -0.39 is 0 Å². The topological polar surface area (TPSA) is 40.5 Å². The first kappa shape index (κ1) is 30.5. The fourth-order valence-electron chi connectivity index (χ4n) is 9.62. The van der Waals surface area contributed by atoms with Crippen LogP contribution < -0.4 is 0 Å². The van der Waals surface area contributed by atoms with Gasteiger partial charge in [0.05, 0.1) is 0 Å². The van der Waals surface area contributed by atoms with E-state index in [1.807, 2.05) is 0 Å². The van der Waals surface area contributed by atoms with Crippen molar-refractivity contribution in [2.75, 3.05) is 13.2 Å². The van der Waals surface area contributed by atoms with E-state index in [2.05, 4.69) is 141 Å². The molecule has 2 N–H and O–H groups in total. The van der Waals surface area contributed by atoms with Gasteiger partial charge in [0.1, 0.15) is 0 Å². The summed E-state index contributed by atoms with van der Waals surface area (Å²) in [6.45, 7) is 5.01. The van der Waals surface area contributed by atoms with E-state index in [1.54, 1.807) is 0 Å². The average molecular weight is 661 g/mol. The minimum atomic E-state index is -0.120. The van der Waals surface area contributed by atoms with Crippen molar-refractivity contribution < 1.29 is 10.2 Å². The summed E-state index contributed by atoms with van der Waals surface area (Å²) in [6, 6.07) is 47.9. The van der Waals surface area contributed by atoms with Gasteiger partial charge in [-0.25, -0.2) is 0 Å². The molecule has 51 heavy (non-hydrogen) atoms. The Labute approximate surface area is 299 Å². The zero-order chi connectivity index (χ0) is 34.4. The van der Waals surface area contributed by atoms with Gasteiger partial charge in [-0.15, -0.1) is 0 Å². The first-order chi connectivity index (χ1) is 25.0. The maximum Gasteiger partial charge on any atom is 0.0471 e. The maximum atomic E-state index is 9.99. The van der Waals surface area contributed by atoms with Crippen LogP contribution in [0.2, 0.25) is 0 Å². The van der Waals surface area contributed by atoms with Crippen LogP contribution >= 0.6 is 0 Å². The molecule has 1 unspecified atom stereocenters. The van der Waals surface area contributed by atoms with Crippen LogP contribution in [0, 0.1) is 0 Å². The van der Waals surface area contributed by atoms with Gasteiger partial charge in [-0.05, 0) is 143 Å². The number of aliphatic hydroxyl groups excluding tert-OH is 2. The highest BCUT2D eigenvalue weighted by molar-refractivity contribution is 6.18. The van der Waals surface area contributed by atoms with E-state index in [4.69, 9.17) is 0 Å². The minimum absolute atomic E-state index is 0.120. The van der Waals surface area contributed by atoms with Gasteiger partial charge >= 0.3 is 0 Å². The second-order valence-electron chi connectivity index (χ2n) is 15.2. The van der Waals surface area contributed by atoms with Gasteiger partial charge in [-0.2, -0.15) is 0 Å². The SMILES string of the molecule is CC1(C)c2cc(CCO)ccc2-c2ccc(-c3ccc4c(c3)C(CCCO)c3cc(-c5ccc6c7c(cccc57)-c5ccccc5-6)ccc3-4)cc21. The molecular formula is C49H40O2. The van der Waals surface area contributed by atoms with Crippen molar-refractivity contribution in [2.24, 2.45) is 0 Å². The van der Waals surface area contributed by atoms with Gasteiger partial charge in [-0.3, -0.25) is 0 Å². The van der Waals surface area contributed by atoms with E-state index in [0.717, 1.165) is 12.8 Å². The van der Waals surface area contributed by atoms with Crippen molar-refractivity contribution in [1.82, 2.24) is 0 Å². The van der Waals surface area contributed by atoms with Crippen molar-refractivity contribution in [3.63, 3.8) is 0 Å². The summed E-state index contributed by atoms with van der Waals surface area (Å²) in [6.07, 6.45) is 2.35. The van der Waals surface area contributed by atoms with Crippen LogP contribution in [0.1, 0.15) is 60.4 Å². The summed E-state index contributed by atoms with van der Waals surface area (Å²) in [5.74, 6) is 0.225. The third-order valence-electron chi connectivity index (χ3n) is 12.1. The summed E-state index contributed by atoms with van der Waals surface area (Å²) in [7, 11) is 0. The first-order valence-corrected chi connectivity index (χ1v) is 18.4. The highest BCUT2D eigenvalue weighted by atomic mass is 16.3. The number of benzene rings is 7. The maximum absolute atomic E-state index is 9.99. The van der Waals surface area contributed by atoms with E-state index >= 15 is 0 Å². The Hall–Kier alpha value is -5.28. The summed E-state index contributed by atoms with van der Waals surface area (Å²) >= 11 is 0. The lowest BCUT2D eigenvalue weighted by molar-refractivity contribution is 0.282. The molecule has 0 heterocycles. The van der Waals surface area contributed by atoms with E-state index in [9.17, 15) is 10.2 Å². The van der Waals surface area contributed by atoms with E-state index in [-0.39, 0.29) is 24.5 Å². The smallest absolute Gasteiger partial charge is 0.0471 e. The second kappa shape index (κ2) is 11.4. The van der Waals surface area contributed by atoms with Crippen molar-refractivity contribution in [2.45, 2.75) is 44.4 Å². The molecule has 0 saturated carbocycles. The fourth-order valence-corrected chi connectivity index (χ4v) is 9.62. The van der Waals surface area contributed by atoms with Gasteiger partial charge in [0.15, 0.2) is 0 Å². The third kappa shape index (κ3) is 4.43. The lowest BCUT2D eigenvalue weighted by atomic mass is 9.81. The number of aliphatic hydroxyl groups is 2. The fraction of sp³-hybridized carbons (Fsp3) is 0.184. The Bertz CT molecular complexity index is 2540. The normalized spacial score (nSPS) is 15.4. The highest BCUT2D eigenvalue weighted by Gasteiger charge is 2.36. The zero-order valence-corrected chi connectivity index (χ0v) is 29.1. The predicted octanol–water partition coefficient (Wildman–Crippen LogP) is 11.5. The Morgan fingerprint density at radius 1 is 0.490 bits per heavy atom. The van der Waals surface area contributed by atoms with E-state index in [1.165, 1.54) is 105 Å². The number of fused-ring (bicyclic) bond motifs is 9. The van der Waals surface area contributed by atoms with E-state index in [0.29, 0.717) is 6.42 Å². The molecule has 10 rings (SSSR count). The minimum Gasteiger partial charge on any atom is -0.396 e. The standard InChI is InChI=1S/C49H40O2/c1-49(2)46-25-29(22-24-51)12-16-39(46)40-19-14-31(28-47(40)49)30-13-17-37-38-18-15-32(27-45(38)36(11-6-23-50)44(37)26-30)33-20-21-43-35-8-4-3-7-34(35)42-10-5-9-41(33)48(42)43/h3-5,7-10,12-21,25-28,36,50-51H,6,11,22-24H2,1-2H3. The Morgan fingerprint density at radius 2 is 1.06 bits per heavy atom. The summed E-state index contributed by atoms with van der Waals surface area (Å²) < 4.78 is 0. The molecule has 7 aromatic rings. The molecule has 3 aliphatic rings. The van der Waals surface area contributed by atoms with Crippen molar-refractivity contribution in [1.29, 1.82) is 0 Å². The molecule has 248 valence electrons. The Kier molecular flexibility index (Phi) is 6.81. The summed E-state index contributed by atoms with van der Waals surface area (Å²) in [5.41, 5.74) is 22.0. The lowest BCUT2D eigenvalue weighted by Gasteiger charge is -2.22. The van der Waals surface area contributed by atoms with Gasteiger partial charge in [0, 0.05) is 24.5 Å². The molecule has 0 radical (unpaired) electrons. The van der Waals surface area contributed by atoms with Crippen LogP contribution in [0.3, 0.4) is 0 Å². The van der Waals surface area contributed by atoms with Crippen molar-refractivity contribution in [3.8, 4) is 66.8 Å². The van der Waals surface area contributed by atoms with Gasteiger partial charge in [0.25, 0.3) is 0 Å². The average Bonchev–Trinajstić information content (AvgIpc) is 3.74. The molecule has 0 amide bonds. The first-order valence-electron chi connectivity index (χ1n) is 18.4. The summed E-state index contributed by atoms with van der Waals surface area (Å²) in [4.78, 5) is 0.